The Balaban J connectivity index is 2.35. The number of rotatable bonds is 10. The highest BCUT2D eigenvalue weighted by Gasteiger charge is 2.10. The molecule has 0 spiro atoms. The molecule has 1 amide bonds. The number of anilines is 2. The number of nitrogens with zero attached hydrogens (tertiary/aromatic N) is 3. The molecular weight excluding hydrogens is 466 g/mol. The summed E-state index contributed by atoms with van der Waals surface area (Å²) in [6, 6.07) is 8.89. The second-order valence-electron chi connectivity index (χ2n) is 7.18. The van der Waals surface area contributed by atoms with Crippen molar-refractivity contribution in [2.24, 2.45) is 0 Å². The molecule has 0 atom stereocenters. The molecule has 1 aromatic heterocycles. The number of benzene rings is 1. The summed E-state index contributed by atoms with van der Waals surface area (Å²) in [5.74, 6) is -0.957. The van der Waals surface area contributed by atoms with E-state index in [0.29, 0.717) is 22.6 Å². The van der Waals surface area contributed by atoms with Crippen LogP contribution in [0.15, 0.2) is 53.5 Å². The number of esters is 1. The Hall–Kier alpha value is -4.12. The summed E-state index contributed by atoms with van der Waals surface area (Å²) in [5, 5.41) is 15.1. The van der Waals surface area contributed by atoms with Gasteiger partial charge in [0, 0.05) is 24.1 Å². The van der Waals surface area contributed by atoms with Gasteiger partial charge in [-0.2, -0.15) is 5.26 Å². The van der Waals surface area contributed by atoms with Crippen LogP contribution in [-0.2, 0) is 20.9 Å². The van der Waals surface area contributed by atoms with Gasteiger partial charge >= 0.3 is 5.97 Å². The van der Waals surface area contributed by atoms with Gasteiger partial charge in [-0.3, -0.25) is 19.1 Å². The second kappa shape index (κ2) is 13.6. The normalized spacial score (nSPS) is 9.91. The minimum absolute atomic E-state index is 0.0369. The fourth-order valence-electron chi connectivity index (χ4n) is 2.75. The fraction of sp³-hybridized carbons (Fsp3) is 0.280. The summed E-state index contributed by atoms with van der Waals surface area (Å²) in [6.45, 7) is 8.54. The van der Waals surface area contributed by atoms with E-state index in [2.05, 4.69) is 28.7 Å². The van der Waals surface area contributed by atoms with Gasteiger partial charge in [0.1, 0.15) is 21.9 Å². The Morgan fingerprint density at radius 1 is 1.31 bits per heavy atom. The molecule has 0 fully saturated rings. The van der Waals surface area contributed by atoms with Crippen molar-refractivity contribution in [3.8, 4) is 6.07 Å². The molecule has 182 valence electrons. The first-order chi connectivity index (χ1) is 16.8. The van der Waals surface area contributed by atoms with E-state index in [1.807, 2.05) is 18.9 Å². The number of carbonyl (C=O) groups excluding carboxylic acids is 2. The maximum atomic E-state index is 12.7. The van der Waals surface area contributed by atoms with Crippen molar-refractivity contribution < 1.29 is 14.3 Å². The zero-order valence-electron chi connectivity index (χ0n) is 19.9. The molecule has 1 aromatic carbocycles. The lowest BCUT2D eigenvalue weighted by molar-refractivity contribution is -0.137. The van der Waals surface area contributed by atoms with Crippen LogP contribution in [0.4, 0.5) is 11.4 Å². The molecule has 0 saturated carbocycles. The predicted molar refractivity (Wildman–Crippen MR) is 137 cm³/mol. The van der Waals surface area contributed by atoms with Crippen molar-refractivity contribution in [2.45, 2.75) is 20.4 Å². The summed E-state index contributed by atoms with van der Waals surface area (Å²) in [5.41, 5.74) is 6.24. The predicted octanol–water partition coefficient (Wildman–Crippen LogP) is 1.38. The Morgan fingerprint density at radius 2 is 2.06 bits per heavy atom. The van der Waals surface area contributed by atoms with Crippen molar-refractivity contribution in [3.63, 3.8) is 0 Å². The van der Waals surface area contributed by atoms with E-state index in [-0.39, 0.29) is 34.7 Å². The first-order valence-corrected chi connectivity index (χ1v) is 11.6. The van der Waals surface area contributed by atoms with Crippen LogP contribution in [0, 0.1) is 11.3 Å². The number of nitrogens with one attached hydrogen (secondary N) is 2. The Bertz CT molecular complexity index is 1390. The molecule has 0 radical (unpaired) electrons. The largest absolute Gasteiger partial charge is 0.457 e. The first-order valence-electron chi connectivity index (χ1n) is 10.8. The lowest BCUT2D eigenvalue weighted by Gasteiger charge is -2.13. The minimum Gasteiger partial charge on any atom is -0.457 e. The molecule has 2 rings (SSSR count). The van der Waals surface area contributed by atoms with Crippen molar-refractivity contribution >= 4 is 46.1 Å². The molecular formula is C25H27N5O4S. The number of aromatic nitrogens is 1. The summed E-state index contributed by atoms with van der Waals surface area (Å²) in [4.78, 5) is 38.7. The van der Waals surface area contributed by atoms with Crippen molar-refractivity contribution in [1.29, 1.82) is 5.26 Å². The molecule has 9 nitrogen and oxygen atoms in total. The van der Waals surface area contributed by atoms with Crippen LogP contribution in [0.5, 0.6) is 0 Å². The van der Waals surface area contributed by atoms with Gasteiger partial charge in [-0.25, -0.2) is 4.79 Å². The maximum Gasteiger partial charge on any atom is 0.357 e. The van der Waals surface area contributed by atoms with Gasteiger partial charge in [-0.15, -0.1) is 0 Å². The molecule has 10 heteroatoms. The zero-order valence-corrected chi connectivity index (χ0v) is 20.7. The minimum atomic E-state index is -0.841. The van der Waals surface area contributed by atoms with Crippen molar-refractivity contribution in [2.75, 3.05) is 37.4 Å². The zero-order chi connectivity index (χ0) is 25.8. The van der Waals surface area contributed by atoms with Gasteiger partial charge in [0.15, 0.2) is 5.57 Å². The fourth-order valence-corrected chi connectivity index (χ4v) is 3.73. The number of amides is 1. The van der Waals surface area contributed by atoms with Gasteiger partial charge in [-0.05, 0) is 38.7 Å². The number of likely N-dealkylation sites (N-methyl/N-ethyl adjacent to an activating group) is 1. The Labute approximate surface area is 207 Å². The van der Waals surface area contributed by atoms with Crippen molar-refractivity contribution in [3.05, 3.63) is 68.2 Å². The Morgan fingerprint density at radius 3 is 2.71 bits per heavy atom. The van der Waals surface area contributed by atoms with E-state index in [4.69, 9.17) is 4.74 Å². The molecule has 0 unspecified atom stereocenters. The average molecular weight is 494 g/mol. The Kier molecular flexibility index (Phi) is 10.5. The van der Waals surface area contributed by atoms with Crippen LogP contribution >= 0.6 is 11.3 Å². The first kappa shape index (κ1) is 27.1. The molecule has 0 aliphatic carbocycles. The van der Waals surface area contributed by atoms with E-state index in [1.165, 1.54) is 16.8 Å². The van der Waals surface area contributed by atoms with E-state index in [1.54, 1.807) is 37.3 Å². The monoisotopic (exact) mass is 493 g/mol. The molecule has 1 heterocycles. The van der Waals surface area contributed by atoms with E-state index in [0.717, 1.165) is 17.9 Å². The van der Waals surface area contributed by atoms with Gasteiger partial charge in [-0.1, -0.05) is 48.4 Å². The smallest absolute Gasteiger partial charge is 0.357 e. The summed E-state index contributed by atoms with van der Waals surface area (Å²) in [7, 11) is 1.87. The highest BCUT2D eigenvalue weighted by molar-refractivity contribution is 7.07. The standard InChI is InChI=1S/C25H27N5O4S/c1-5-13-34-25(33)18(16-26)14-23-30(7-3)24(32)21(35-23)11-12-27-19-9-8-10-20(15-19)28-22(31)17-29(4)6-2/h5,8-10,12,15,27H,1,6-7,13,17H2,2-4H3,(H,28,31). The lowest BCUT2D eigenvalue weighted by atomic mass is 10.2. The quantitative estimate of drug-likeness (QED) is 0.222. The van der Waals surface area contributed by atoms with Crippen LogP contribution in [-0.4, -0.2) is 48.1 Å². The summed E-state index contributed by atoms with van der Waals surface area (Å²) < 4.78 is 6.84. The number of ether oxygens (including phenoxy) is 1. The van der Waals surface area contributed by atoms with E-state index in [9.17, 15) is 19.6 Å². The number of thiazole rings is 1. The molecule has 0 aliphatic rings. The number of carbonyl (C=O) groups is 2. The molecule has 0 saturated heterocycles. The topological polar surface area (TPSA) is 116 Å². The second-order valence-corrected chi connectivity index (χ2v) is 8.18. The molecule has 0 aliphatic heterocycles. The van der Waals surface area contributed by atoms with Crippen molar-refractivity contribution in [1.82, 2.24) is 9.47 Å². The van der Waals surface area contributed by atoms with Gasteiger partial charge in [0.25, 0.3) is 5.56 Å². The number of hydrogen-bond acceptors (Lipinski definition) is 8. The average Bonchev–Trinajstić information content (AvgIpc) is 3.14. The molecule has 2 N–H and O–H groups in total. The highest BCUT2D eigenvalue weighted by Crippen LogP contribution is 2.15. The number of hydrogen-bond donors (Lipinski definition) is 2. The van der Waals surface area contributed by atoms with Crippen LogP contribution in [0.3, 0.4) is 0 Å². The summed E-state index contributed by atoms with van der Waals surface area (Å²) in [6.07, 6.45) is 2.87. The van der Waals surface area contributed by atoms with E-state index >= 15 is 0 Å². The van der Waals surface area contributed by atoms with Crippen LogP contribution < -0.4 is 25.4 Å². The summed E-state index contributed by atoms with van der Waals surface area (Å²) >= 11 is 1.05. The third-order valence-electron chi connectivity index (χ3n) is 4.62. The number of nitriles is 1. The van der Waals surface area contributed by atoms with Gasteiger partial charge in [0.05, 0.1) is 6.54 Å². The lowest BCUT2D eigenvalue weighted by Crippen LogP contribution is -2.30. The van der Waals surface area contributed by atoms with E-state index < -0.39 is 5.97 Å². The van der Waals surface area contributed by atoms with Crippen LogP contribution in [0.1, 0.15) is 13.8 Å². The van der Waals surface area contributed by atoms with Gasteiger partial charge < -0.3 is 15.4 Å². The SMILES string of the molecule is C=CCOC(=O)C(=C=c1sc(=C=CNc2cccc(NC(=O)CN(C)CC)c2)c(=O)n1CC)C#N. The van der Waals surface area contributed by atoms with Gasteiger partial charge in [0.2, 0.25) is 5.91 Å². The van der Waals surface area contributed by atoms with Crippen LogP contribution in [0.2, 0.25) is 0 Å². The molecule has 2 aromatic rings. The molecule has 35 heavy (non-hydrogen) atoms. The third kappa shape index (κ3) is 8.00. The maximum absolute atomic E-state index is 12.7. The highest BCUT2D eigenvalue weighted by atomic mass is 32.1. The third-order valence-corrected chi connectivity index (χ3v) is 5.63. The van der Waals surface area contributed by atoms with Crippen LogP contribution in [0.25, 0.3) is 11.5 Å². The molecule has 0 bridgehead atoms.